The SMILES string of the molecule is NCC(NN1CCCCC1)C1CCCC1. The van der Waals surface area contributed by atoms with E-state index in [1.54, 1.807) is 0 Å². The van der Waals surface area contributed by atoms with Crippen molar-refractivity contribution in [3.63, 3.8) is 0 Å². The summed E-state index contributed by atoms with van der Waals surface area (Å²) >= 11 is 0. The van der Waals surface area contributed by atoms with Crippen LogP contribution in [0.5, 0.6) is 0 Å². The first-order valence-corrected chi connectivity index (χ1v) is 6.61. The minimum absolute atomic E-state index is 0.533. The third-order valence-electron chi connectivity index (χ3n) is 3.93. The zero-order valence-electron chi connectivity index (χ0n) is 9.75. The summed E-state index contributed by atoms with van der Waals surface area (Å²) in [5.74, 6) is 0.830. The highest BCUT2D eigenvalue weighted by Gasteiger charge is 2.25. The Morgan fingerprint density at radius 1 is 1.07 bits per heavy atom. The summed E-state index contributed by atoms with van der Waals surface area (Å²) < 4.78 is 0. The maximum absolute atomic E-state index is 5.88. The number of hydrogen-bond acceptors (Lipinski definition) is 3. The number of rotatable bonds is 4. The molecule has 0 amide bonds. The molecule has 0 aromatic rings. The summed E-state index contributed by atoms with van der Waals surface area (Å²) in [6.45, 7) is 3.22. The lowest BCUT2D eigenvalue weighted by Gasteiger charge is -2.33. The molecule has 1 heterocycles. The highest BCUT2D eigenvalue weighted by Crippen LogP contribution is 2.27. The van der Waals surface area contributed by atoms with E-state index >= 15 is 0 Å². The molecule has 2 rings (SSSR count). The quantitative estimate of drug-likeness (QED) is 0.740. The lowest BCUT2D eigenvalue weighted by molar-refractivity contribution is 0.110. The van der Waals surface area contributed by atoms with Crippen molar-refractivity contribution in [3.8, 4) is 0 Å². The van der Waals surface area contributed by atoms with E-state index in [4.69, 9.17) is 5.73 Å². The Morgan fingerprint density at radius 2 is 1.73 bits per heavy atom. The molecule has 0 aromatic carbocycles. The largest absolute Gasteiger partial charge is 0.329 e. The van der Waals surface area contributed by atoms with Crippen LogP contribution in [-0.2, 0) is 0 Å². The van der Waals surface area contributed by atoms with Crippen molar-refractivity contribution >= 4 is 0 Å². The standard InChI is InChI=1S/C12H25N3/c13-10-12(11-6-2-3-7-11)14-15-8-4-1-5-9-15/h11-12,14H,1-10,13H2. The molecule has 88 valence electrons. The van der Waals surface area contributed by atoms with E-state index < -0.39 is 0 Å². The van der Waals surface area contributed by atoms with Crippen LogP contribution in [0, 0.1) is 5.92 Å². The maximum Gasteiger partial charge on any atom is 0.0366 e. The number of nitrogens with two attached hydrogens (primary N) is 1. The highest BCUT2D eigenvalue weighted by atomic mass is 15.5. The summed E-state index contributed by atoms with van der Waals surface area (Å²) in [6.07, 6.45) is 9.65. The van der Waals surface area contributed by atoms with Gasteiger partial charge in [0, 0.05) is 25.7 Å². The number of hydrazine groups is 1. The van der Waals surface area contributed by atoms with E-state index in [1.807, 2.05) is 0 Å². The number of hydrogen-bond donors (Lipinski definition) is 2. The smallest absolute Gasteiger partial charge is 0.0366 e. The lowest BCUT2D eigenvalue weighted by Crippen LogP contribution is -2.52. The summed E-state index contributed by atoms with van der Waals surface area (Å²) in [4.78, 5) is 0. The Morgan fingerprint density at radius 3 is 2.33 bits per heavy atom. The molecule has 0 bridgehead atoms. The molecule has 3 N–H and O–H groups in total. The molecule has 3 nitrogen and oxygen atoms in total. The molecule has 0 radical (unpaired) electrons. The maximum atomic E-state index is 5.88. The molecule has 2 fully saturated rings. The van der Waals surface area contributed by atoms with Crippen molar-refractivity contribution in [1.29, 1.82) is 0 Å². The Bertz CT molecular complexity index is 172. The molecule has 1 atom stereocenters. The Balaban J connectivity index is 1.78. The summed E-state index contributed by atoms with van der Waals surface area (Å²) in [6, 6.07) is 0.533. The van der Waals surface area contributed by atoms with E-state index in [0.29, 0.717) is 6.04 Å². The fraction of sp³-hybridized carbons (Fsp3) is 1.00. The molecule has 2 aliphatic rings. The predicted molar refractivity (Wildman–Crippen MR) is 63.4 cm³/mol. The van der Waals surface area contributed by atoms with Gasteiger partial charge in [-0.2, -0.15) is 0 Å². The fourth-order valence-corrected chi connectivity index (χ4v) is 2.97. The van der Waals surface area contributed by atoms with Crippen molar-refractivity contribution < 1.29 is 0 Å². The molecule has 3 heteroatoms. The van der Waals surface area contributed by atoms with Crippen molar-refractivity contribution in [2.75, 3.05) is 19.6 Å². The van der Waals surface area contributed by atoms with E-state index in [0.717, 1.165) is 12.5 Å². The van der Waals surface area contributed by atoms with Gasteiger partial charge in [-0.15, -0.1) is 0 Å². The monoisotopic (exact) mass is 211 g/mol. The summed E-state index contributed by atoms with van der Waals surface area (Å²) in [5, 5.41) is 2.40. The Kier molecular flexibility index (Phi) is 4.42. The van der Waals surface area contributed by atoms with Gasteiger partial charge < -0.3 is 5.73 Å². The van der Waals surface area contributed by atoms with Gasteiger partial charge in [-0.05, 0) is 31.6 Å². The molecule has 1 aliphatic heterocycles. The van der Waals surface area contributed by atoms with Gasteiger partial charge in [0.2, 0.25) is 0 Å². The molecular weight excluding hydrogens is 186 g/mol. The van der Waals surface area contributed by atoms with Crippen LogP contribution in [-0.4, -0.2) is 30.7 Å². The minimum atomic E-state index is 0.533. The molecule has 1 aliphatic carbocycles. The molecule has 15 heavy (non-hydrogen) atoms. The van der Waals surface area contributed by atoms with Crippen LogP contribution in [0.4, 0.5) is 0 Å². The third kappa shape index (κ3) is 3.16. The average molecular weight is 211 g/mol. The second kappa shape index (κ2) is 5.83. The van der Waals surface area contributed by atoms with Gasteiger partial charge in [-0.3, -0.25) is 5.43 Å². The number of nitrogens with zero attached hydrogens (tertiary/aromatic N) is 1. The van der Waals surface area contributed by atoms with Crippen LogP contribution in [0.3, 0.4) is 0 Å². The Labute approximate surface area is 93.4 Å². The van der Waals surface area contributed by atoms with Gasteiger partial charge in [0.25, 0.3) is 0 Å². The predicted octanol–water partition coefficient (Wildman–Crippen LogP) is 1.49. The van der Waals surface area contributed by atoms with E-state index in [1.165, 1.54) is 58.0 Å². The van der Waals surface area contributed by atoms with Gasteiger partial charge in [0.05, 0.1) is 0 Å². The molecule has 1 unspecified atom stereocenters. The highest BCUT2D eigenvalue weighted by molar-refractivity contribution is 4.81. The van der Waals surface area contributed by atoms with Crippen molar-refractivity contribution in [2.24, 2.45) is 11.7 Å². The second-order valence-corrected chi connectivity index (χ2v) is 5.06. The summed E-state index contributed by atoms with van der Waals surface area (Å²) in [5.41, 5.74) is 9.54. The Hall–Kier alpha value is -0.120. The molecule has 0 aromatic heterocycles. The van der Waals surface area contributed by atoms with Gasteiger partial charge in [0.1, 0.15) is 0 Å². The van der Waals surface area contributed by atoms with E-state index in [-0.39, 0.29) is 0 Å². The number of piperidine rings is 1. The van der Waals surface area contributed by atoms with Crippen LogP contribution in [0.25, 0.3) is 0 Å². The first-order chi connectivity index (χ1) is 7.40. The second-order valence-electron chi connectivity index (χ2n) is 5.06. The molecular formula is C12H25N3. The molecule has 1 saturated heterocycles. The van der Waals surface area contributed by atoms with Crippen LogP contribution >= 0.6 is 0 Å². The zero-order chi connectivity index (χ0) is 10.5. The molecule has 0 spiro atoms. The van der Waals surface area contributed by atoms with Crippen LogP contribution < -0.4 is 11.2 Å². The van der Waals surface area contributed by atoms with Crippen LogP contribution in [0.15, 0.2) is 0 Å². The van der Waals surface area contributed by atoms with Crippen LogP contribution in [0.2, 0.25) is 0 Å². The normalized spacial score (nSPS) is 27.0. The van der Waals surface area contributed by atoms with Crippen LogP contribution in [0.1, 0.15) is 44.9 Å². The first-order valence-electron chi connectivity index (χ1n) is 6.61. The van der Waals surface area contributed by atoms with E-state index in [2.05, 4.69) is 10.4 Å². The average Bonchev–Trinajstić information content (AvgIpc) is 2.81. The number of nitrogens with one attached hydrogen (secondary N) is 1. The first kappa shape index (κ1) is 11.4. The summed E-state index contributed by atoms with van der Waals surface area (Å²) in [7, 11) is 0. The van der Waals surface area contributed by atoms with Gasteiger partial charge in [-0.25, -0.2) is 5.01 Å². The van der Waals surface area contributed by atoms with Crippen molar-refractivity contribution in [1.82, 2.24) is 10.4 Å². The van der Waals surface area contributed by atoms with Gasteiger partial charge >= 0.3 is 0 Å². The topological polar surface area (TPSA) is 41.3 Å². The van der Waals surface area contributed by atoms with Gasteiger partial charge in [-0.1, -0.05) is 19.3 Å². The van der Waals surface area contributed by atoms with Crippen molar-refractivity contribution in [3.05, 3.63) is 0 Å². The third-order valence-corrected chi connectivity index (χ3v) is 3.93. The fourth-order valence-electron chi connectivity index (χ4n) is 2.97. The minimum Gasteiger partial charge on any atom is -0.329 e. The zero-order valence-corrected chi connectivity index (χ0v) is 9.75. The molecule has 1 saturated carbocycles. The lowest BCUT2D eigenvalue weighted by atomic mass is 9.99. The van der Waals surface area contributed by atoms with Gasteiger partial charge in [0.15, 0.2) is 0 Å². The van der Waals surface area contributed by atoms with Crippen molar-refractivity contribution in [2.45, 2.75) is 51.0 Å². The van der Waals surface area contributed by atoms with E-state index in [9.17, 15) is 0 Å².